The van der Waals surface area contributed by atoms with E-state index in [-0.39, 0.29) is 5.82 Å². The SMILES string of the molecule is CN=C1CN(C[C@@H]2CC(F)(F)[C@H](n3ccc(N)nc3=O)O2)CCC1=C(N)c1ccccc1. The summed E-state index contributed by atoms with van der Waals surface area (Å²) in [6, 6.07) is 11.0. The maximum atomic E-state index is 14.7. The molecule has 3 heterocycles. The monoisotopic (exact) mass is 444 g/mol. The number of ether oxygens (including phenoxy) is 1. The molecule has 2 fully saturated rings. The number of nitrogens with zero attached hydrogens (tertiary/aromatic N) is 4. The number of benzene rings is 1. The fourth-order valence-electron chi connectivity index (χ4n) is 4.25. The third-order valence-corrected chi connectivity index (χ3v) is 5.83. The van der Waals surface area contributed by atoms with Crippen LogP contribution in [-0.4, -0.2) is 58.9 Å². The van der Waals surface area contributed by atoms with Crippen molar-refractivity contribution in [3.8, 4) is 0 Å². The van der Waals surface area contributed by atoms with Crippen LogP contribution in [0.3, 0.4) is 0 Å². The molecule has 2 aromatic rings. The van der Waals surface area contributed by atoms with Crippen LogP contribution >= 0.6 is 0 Å². The fraction of sp³-hybridized carbons (Fsp3) is 0.409. The van der Waals surface area contributed by atoms with E-state index in [2.05, 4.69) is 9.98 Å². The molecule has 0 spiro atoms. The average Bonchev–Trinajstić information content (AvgIpc) is 3.07. The predicted octanol–water partition coefficient (Wildman–Crippen LogP) is 1.89. The zero-order chi connectivity index (χ0) is 22.9. The van der Waals surface area contributed by atoms with Gasteiger partial charge in [0.1, 0.15) is 5.82 Å². The summed E-state index contributed by atoms with van der Waals surface area (Å²) in [5.74, 6) is -3.23. The van der Waals surface area contributed by atoms with Crippen molar-refractivity contribution in [2.24, 2.45) is 10.7 Å². The van der Waals surface area contributed by atoms with Gasteiger partial charge in [0.15, 0.2) is 0 Å². The average molecular weight is 444 g/mol. The second-order valence-electron chi connectivity index (χ2n) is 8.03. The van der Waals surface area contributed by atoms with Crippen molar-refractivity contribution < 1.29 is 13.5 Å². The van der Waals surface area contributed by atoms with E-state index in [4.69, 9.17) is 16.2 Å². The summed E-state index contributed by atoms with van der Waals surface area (Å²) in [5.41, 5.74) is 14.4. The molecule has 0 amide bonds. The van der Waals surface area contributed by atoms with Gasteiger partial charge < -0.3 is 16.2 Å². The quantitative estimate of drug-likeness (QED) is 0.745. The molecule has 0 bridgehead atoms. The van der Waals surface area contributed by atoms with E-state index in [0.717, 1.165) is 21.4 Å². The van der Waals surface area contributed by atoms with E-state index >= 15 is 0 Å². The Hall–Kier alpha value is -3.11. The van der Waals surface area contributed by atoms with Gasteiger partial charge in [-0.25, -0.2) is 13.6 Å². The smallest absolute Gasteiger partial charge is 0.351 e. The second kappa shape index (κ2) is 8.79. The summed E-state index contributed by atoms with van der Waals surface area (Å²) in [5, 5.41) is 0. The van der Waals surface area contributed by atoms with E-state index in [0.29, 0.717) is 31.8 Å². The van der Waals surface area contributed by atoms with Crippen molar-refractivity contribution in [1.29, 1.82) is 0 Å². The molecule has 10 heteroatoms. The number of hydrogen-bond acceptors (Lipinski definition) is 7. The van der Waals surface area contributed by atoms with Crippen LogP contribution in [0.4, 0.5) is 14.6 Å². The predicted molar refractivity (Wildman–Crippen MR) is 118 cm³/mol. The van der Waals surface area contributed by atoms with Crippen molar-refractivity contribution >= 4 is 17.2 Å². The van der Waals surface area contributed by atoms with Crippen molar-refractivity contribution in [2.75, 3.05) is 32.4 Å². The van der Waals surface area contributed by atoms with E-state index in [1.807, 2.05) is 35.2 Å². The number of nitrogens with two attached hydrogens (primary N) is 2. The maximum absolute atomic E-state index is 14.7. The Morgan fingerprint density at radius 2 is 2.06 bits per heavy atom. The van der Waals surface area contributed by atoms with Gasteiger partial charge in [0.05, 0.1) is 11.8 Å². The van der Waals surface area contributed by atoms with Crippen LogP contribution in [0.25, 0.3) is 5.70 Å². The highest BCUT2D eigenvalue weighted by Crippen LogP contribution is 2.42. The number of halogens is 2. The summed E-state index contributed by atoms with van der Waals surface area (Å²) in [6.07, 6.45) is -1.09. The molecule has 2 aliphatic rings. The van der Waals surface area contributed by atoms with Gasteiger partial charge in [-0.2, -0.15) is 4.98 Å². The number of rotatable bonds is 4. The Kier molecular flexibility index (Phi) is 6.07. The van der Waals surface area contributed by atoms with Gasteiger partial charge in [-0.05, 0) is 23.6 Å². The van der Waals surface area contributed by atoms with Crippen LogP contribution in [0.2, 0.25) is 0 Å². The number of aliphatic imine (C=N–C) groups is 1. The zero-order valence-electron chi connectivity index (χ0n) is 17.7. The zero-order valence-corrected chi connectivity index (χ0v) is 17.7. The third-order valence-electron chi connectivity index (χ3n) is 5.83. The highest BCUT2D eigenvalue weighted by atomic mass is 19.3. The molecular formula is C22H26F2N6O2. The fourth-order valence-corrected chi connectivity index (χ4v) is 4.25. The lowest BCUT2D eigenvalue weighted by molar-refractivity contribution is -0.118. The van der Waals surface area contributed by atoms with Gasteiger partial charge in [0.2, 0.25) is 6.23 Å². The molecule has 4 N–H and O–H groups in total. The highest BCUT2D eigenvalue weighted by Gasteiger charge is 2.52. The van der Waals surface area contributed by atoms with E-state index in [9.17, 15) is 13.6 Å². The normalized spacial score (nSPS) is 26.4. The summed E-state index contributed by atoms with van der Waals surface area (Å²) in [7, 11) is 1.70. The van der Waals surface area contributed by atoms with Crippen LogP contribution in [0.5, 0.6) is 0 Å². The first-order valence-electron chi connectivity index (χ1n) is 10.4. The maximum Gasteiger partial charge on any atom is 0.351 e. The number of anilines is 1. The lowest BCUT2D eigenvalue weighted by Crippen LogP contribution is -2.42. The summed E-state index contributed by atoms with van der Waals surface area (Å²) >= 11 is 0. The Balaban J connectivity index is 1.46. The summed E-state index contributed by atoms with van der Waals surface area (Å²) in [6.45, 7) is 1.42. The second-order valence-corrected chi connectivity index (χ2v) is 8.03. The highest BCUT2D eigenvalue weighted by molar-refractivity contribution is 6.07. The molecule has 32 heavy (non-hydrogen) atoms. The minimum atomic E-state index is -3.20. The van der Waals surface area contributed by atoms with Crippen LogP contribution in [0.1, 0.15) is 24.6 Å². The molecule has 0 unspecified atom stereocenters. The number of nitrogen functional groups attached to an aromatic ring is 1. The first-order valence-corrected chi connectivity index (χ1v) is 10.4. The van der Waals surface area contributed by atoms with Crippen molar-refractivity contribution in [2.45, 2.75) is 31.1 Å². The number of hydrogen-bond donors (Lipinski definition) is 2. The topological polar surface area (TPSA) is 112 Å². The first kappa shape index (κ1) is 22.1. The third kappa shape index (κ3) is 4.42. The van der Waals surface area contributed by atoms with Crippen molar-refractivity contribution in [3.05, 3.63) is 64.2 Å². The number of aromatic nitrogens is 2. The van der Waals surface area contributed by atoms with Gasteiger partial charge in [0.25, 0.3) is 5.92 Å². The number of piperidine rings is 1. The van der Waals surface area contributed by atoms with Gasteiger partial charge >= 0.3 is 5.69 Å². The minimum Gasteiger partial charge on any atom is -0.398 e. The molecule has 170 valence electrons. The molecule has 4 rings (SSSR count). The van der Waals surface area contributed by atoms with Crippen LogP contribution in [0.15, 0.2) is 58.0 Å². The molecule has 2 saturated heterocycles. The lowest BCUT2D eigenvalue weighted by Gasteiger charge is -2.32. The molecule has 8 nitrogen and oxygen atoms in total. The van der Waals surface area contributed by atoms with Crippen molar-refractivity contribution in [1.82, 2.24) is 14.5 Å². The van der Waals surface area contributed by atoms with E-state index in [1.165, 1.54) is 12.3 Å². The molecule has 0 aliphatic carbocycles. The van der Waals surface area contributed by atoms with E-state index in [1.54, 1.807) is 7.05 Å². The largest absolute Gasteiger partial charge is 0.398 e. The lowest BCUT2D eigenvalue weighted by atomic mass is 9.95. The molecule has 0 saturated carbocycles. The summed E-state index contributed by atoms with van der Waals surface area (Å²) in [4.78, 5) is 22.0. The van der Waals surface area contributed by atoms with Crippen LogP contribution in [0, 0.1) is 0 Å². The summed E-state index contributed by atoms with van der Waals surface area (Å²) < 4.78 is 35.7. The molecular weight excluding hydrogens is 418 g/mol. The minimum absolute atomic E-state index is 0.0255. The Bertz CT molecular complexity index is 1100. The van der Waals surface area contributed by atoms with Gasteiger partial charge in [-0.3, -0.25) is 14.5 Å². The Morgan fingerprint density at radius 3 is 2.75 bits per heavy atom. The van der Waals surface area contributed by atoms with Crippen LogP contribution < -0.4 is 17.2 Å². The first-order chi connectivity index (χ1) is 15.3. The molecule has 1 aromatic heterocycles. The molecule has 2 atom stereocenters. The molecule has 0 radical (unpaired) electrons. The van der Waals surface area contributed by atoms with Gasteiger partial charge in [-0.15, -0.1) is 0 Å². The molecule has 1 aromatic carbocycles. The standard InChI is InChI=1S/C22H26F2N6O2/c1-27-17-13-29(9-7-16(17)19(26)14-5-3-2-4-6-14)12-15-11-22(23,24)20(32-15)30-10-8-18(25)28-21(30)31/h2-6,8,10,15,20H,7,9,11-13,26H2,1H3,(H2,25,28,31)/t15-,20+/m0/s1. The van der Waals surface area contributed by atoms with Gasteiger partial charge in [-0.1, -0.05) is 30.3 Å². The number of likely N-dealkylation sites (tertiary alicyclic amines) is 1. The van der Waals surface area contributed by atoms with Crippen molar-refractivity contribution in [3.63, 3.8) is 0 Å². The van der Waals surface area contributed by atoms with Crippen LogP contribution in [-0.2, 0) is 4.74 Å². The van der Waals surface area contributed by atoms with E-state index < -0.39 is 30.4 Å². The number of alkyl halides is 2. The van der Waals surface area contributed by atoms with Gasteiger partial charge in [0, 0.05) is 45.0 Å². The Morgan fingerprint density at radius 1 is 1.31 bits per heavy atom. The Labute approximate surface area is 184 Å². The molecule has 2 aliphatic heterocycles.